The van der Waals surface area contributed by atoms with Gasteiger partial charge in [-0.1, -0.05) is 6.07 Å². The van der Waals surface area contributed by atoms with E-state index in [1.54, 1.807) is 22.9 Å². The Kier molecular flexibility index (Phi) is 4.55. The number of amides is 1. The zero-order valence-corrected chi connectivity index (χ0v) is 11.2. The zero-order valence-electron chi connectivity index (χ0n) is 11.2. The second kappa shape index (κ2) is 6.36. The maximum Gasteiger partial charge on any atom is 0.326 e. The molecule has 0 saturated carbocycles. The van der Waals surface area contributed by atoms with Crippen LogP contribution in [-0.2, 0) is 16.1 Å². The van der Waals surface area contributed by atoms with Crippen molar-refractivity contribution in [1.29, 1.82) is 0 Å². The Hall–Kier alpha value is -2.11. The van der Waals surface area contributed by atoms with Crippen LogP contribution in [-0.4, -0.2) is 39.0 Å². The number of carbonyl (C=O) groups is 2. The molecule has 6 heteroatoms. The first-order valence-electron chi connectivity index (χ1n) is 6.77. The van der Waals surface area contributed by atoms with E-state index < -0.39 is 12.0 Å². The predicted molar refractivity (Wildman–Crippen MR) is 72.3 cm³/mol. The number of aryl methyl sites for hydroxylation is 1. The van der Waals surface area contributed by atoms with Gasteiger partial charge in [0.25, 0.3) is 0 Å². The largest absolute Gasteiger partial charge is 0.480 e. The molecule has 1 aliphatic rings. The van der Waals surface area contributed by atoms with Gasteiger partial charge < -0.3 is 14.6 Å². The van der Waals surface area contributed by atoms with Gasteiger partial charge in [0.2, 0.25) is 11.5 Å². The molecule has 1 amide bonds. The number of carboxylic acids is 1. The van der Waals surface area contributed by atoms with E-state index in [-0.39, 0.29) is 17.9 Å². The number of aliphatic carboxylic acids is 1. The third-order valence-corrected chi connectivity index (χ3v) is 3.55. The molecule has 0 aliphatic carbocycles. The van der Waals surface area contributed by atoms with Crippen LogP contribution in [0.2, 0.25) is 0 Å². The van der Waals surface area contributed by atoms with Crippen molar-refractivity contribution in [1.82, 2.24) is 9.47 Å². The van der Waals surface area contributed by atoms with Crippen molar-refractivity contribution < 1.29 is 14.7 Å². The highest BCUT2D eigenvalue weighted by atomic mass is 16.4. The summed E-state index contributed by atoms with van der Waals surface area (Å²) in [5.41, 5.74) is -0.0930. The standard InChI is InChI=1S/C14H18N2O4/c17-12-6-1-2-8-15(12)9-4-7-13(18)16-10-3-5-11(16)14(19)20/h1-2,6,8,11H,3-5,7,9-10H2,(H,19,20). The summed E-state index contributed by atoms with van der Waals surface area (Å²) < 4.78 is 1.55. The van der Waals surface area contributed by atoms with Crippen LogP contribution in [0.3, 0.4) is 0 Å². The molecule has 1 atom stereocenters. The van der Waals surface area contributed by atoms with Gasteiger partial charge in [-0.25, -0.2) is 4.79 Å². The number of carbonyl (C=O) groups excluding carboxylic acids is 1. The lowest BCUT2D eigenvalue weighted by molar-refractivity contribution is -0.148. The topological polar surface area (TPSA) is 79.6 Å². The van der Waals surface area contributed by atoms with E-state index in [9.17, 15) is 14.4 Å². The van der Waals surface area contributed by atoms with Crippen LogP contribution in [0.15, 0.2) is 29.2 Å². The minimum absolute atomic E-state index is 0.0930. The third-order valence-electron chi connectivity index (χ3n) is 3.55. The molecule has 0 spiro atoms. The Morgan fingerprint density at radius 3 is 2.85 bits per heavy atom. The Bertz CT molecular complexity index is 552. The Labute approximate surface area is 116 Å². The van der Waals surface area contributed by atoms with Gasteiger partial charge in [-0.05, 0) is 25.3 Å². The van der Waals surface area contributed by atoms with Crippen LogP contribution in [0.5, 0.6) is 0 Å². The molecule has 1 aromatic rings. The van der Waals surface area contributed by atoms with Crippen LogP contribution < -0.4 is 5.56 Å². The summed E-state index contributed by atoms with van der Waals surface area (Å²) in [5, 5.41) is 9.03. The number of pyridine rings is 1. The number of hydrogen-bond acceptors (Lipinski definition) is 3. The highest BCUT2D eigenvalue weighted by molar-refractivity contribution is 5.84. The fraction of sp³-hybridized carbons (Fsp3) is 0.500. The maximum atomic E-state index is 12.0. The molecule has 1 N–H and O–H groups in total. The normalized spacial score (nSPS) is 18.2. The lowest BCUT2D eigenvalue weighted by atomic mass is 10.2. The van der Waals surface area contributed by atoms with E-state index >= 15 is 0 Å². The van der Waals surface area contributed by atoms with Crippen LogP contribution in [0.4, 0.5) is 0 Å². The fourth-order valence-corrected chi connectivity index (χ4v) is 2.51. The van der Waals surface area contributed by atoms with Crippen molar-refractivity contribution >= 4 is 11.9 Å². The second-order valence-corrected chi connectivity index (χ2v) is 4.92. The van der Waals surface area contributed by atoms with Crippen molar-refractivity contribution in [3.63, 3.8) is 0 Å². The van der Waals surface area contributed by atoms with Crippen molar-refractivity contribution in [3.8, 4) is 0 Å². The van der Waals surface area contributed by atoms with E-state index in [1.165, 1.54) is 11.0 Å². The number of hydrogen-bond donors (Lipinski definition) is 1. The molecular weight excluding hydrogens is 260 g/mol. The Balaban J connectivity index is 1.85. The summed E-state index contributed by atoms with van der Waals surface area (Å²) in [6.07, 6.45) is 3.75. The van der Waals surface area contributed by atoms with Gasteiger partial charge in [-0.3, -0.25) is 9.59 Å². The average molecular weight is 278 g/mol. The van der Waals surface area contributed by atoms with Crippen molar-refractivity contribution in [3.05, 3.63) is 34.7 Å². The summed E-state index contributed by atoms with van der Waals surface area (Å²) in [4.78, 5) is 36.0. The molecule has 0 bridgehead atoms. The Morgan fingerprint density at radius 2 is 2.15 bits per heavy atom. The lowest BCUT2D eigenvalue weighted by Crippen LogP contribution is -2.40. The third kappa shape index (κ3) is 3.26. The van der Waals surface area contributed by atoms with Gasteiger partial charge in [-0.15, -0.1) is 0 Å². The highest BCUT2D eigenvalue weighted by Gasteiger charge is 2.33. The SMILES string of the molecule is O=C(O)C1CCCN1C(=O)CCCn1ccccc1=O. The molecule has 1 unspecified atom stereocenters. The molecule has 6 nitrogen and oxygen atoms in total. The van der Waals surface area contributed by atoms with Crippen molar-refractivity contribution in [2.75, 3.05) is 6.54 Å². The molecule has 2 rings (SSSR count). The predicted octanol–water partition coefficient (Wildman–Crippen LogP) is 0.704. The van der Waals surface area contributed by atoms with Gasteiger partial charge in [-0.2, -0.15) is 0 Å². The summed E-state index contributed by atoms with van der Waals surface area (Å²) in [7, 11) is 0. The Morgan fingerprint density at radius 1 is 1.35 bits per heavy atom. The number of rotatable bonds is 5. The van der Waals surface area contributed by atoms with E-state index in [0.29, 0.717) is 25.9 Å². The average Bonchev–Trinajstić information content (AvgIpc) is 2.90. The van der Waals surface area contributed by atoms with Crippen LogP contribution >= 0.6 is 0 Å². The highest BCUT2D eigenvalue weighted by Crippen LogP contribution is 2.18. The van der Waals surface area contributed by atoms with Gasteiger partial charge in [0.15, 0.2) is 0 Å². The molecule has 2 heterocycles. The molecule has 1 saturated heterocycles. The number of carboxylic acid groups (broad SMARTS) is 1. The summed E-state index contributed by atoms with van der Waals surface area (Å²) >= 11 is 0. The van der Waals surface area contributed by atoms with Crippen molar-refractivity contribution in [2.24, 2.45) is 0 Å². The van der Waals surface area contributed by atoms with Gasteiger partial charge in [0, 0.05) is 31.8 Å². The first kappa shape index (κ1) is 14.3. The molecule has 1 aliphatic heterocycles. The second-order valence-electron chi connectivity index (χ2n) is 4.92. The maximum absolute atomic E-state index is 12.0. The fourth-order valence-electron chi connectivity index (χ4n) is 2.51. The first-order chi connectivity index (χ1) is 9.59. The van der Waals surface area contributed by atoms with Crippen LogP contribution in [0, 0.1) is 0 Å². The molecule has 1 fully saturated rings. The van der Waals surface area contributed by atoms with E-state index in [1.807, 2.05) is 0 Å². The first-order valence-corrected chi connectivity index (χ1v) is 6.77. The lowest BCUT2D eigenvalue weighted by Gasteiger charge is -2.21. The molecule has 0 radical (unpaired) electrons. The van der Waals surface area contributed by atoms with Crippen LogP contribution in [0.25, 0.3) is 0 Å². The number of aromatic nitrogens is 1. The smallest absolute Gasteiger partial charge is 0.326 e. The molecule has 108 valence electrons. The minimum atomic E-state index is -0.935. The van der Waals surface area contributed by atoms with Gasteiger partial charge in [0.1, 0.15) is 6.04 Å². The molecular formula is C14H18N2O4. The monoisotopic (exact) mass is 278 g/mol. The number of likely N-dealkylation sites (tertiary alicyclic amines) is 1. The van der Waals surface area contributed by atoms with Crippen LogP contribution in [0.1, 0.15) is 25.7 Å². The summed E-state index contributed by atoms with van der Waals surface area (Å²) in [6, 6.07) is 4.24. The van der Waals surface area contributed by atoms with Crippen molar-refractivity contribution in [2.45, 2.75) is 38.3 Å². The van der Waals surface area contributed by atoms with E-state index in [2.05, 4.69) is 0 Å². The molecule has 1 aromatic heterocycles. The molecule has 0 aromatic carbocycles. The minimum Gasteiger partial charge on any atom is -0.480 e. The summed E-state index contributed by atoms with van der Waals surface area (Å²) in [6.45, 7) is 0.984. The van der Waals surface area contributed by atoms with E-state index in [0.717, 1.165) is 6.42 Å². The quantitative estimate of drug-likeness (QED) is 0.860. The molecule has 20 heavy (non-hydrogen) atoms. The van der Waals surface area contributed by atoms with Gasteiger partial charge in [0.05, 0.1) is 0 Å². The van der Waals surface area contributed by atoms with Gasteiger partial charge >= 0.3 is 5.97 Å². The van der Waals surface area contributed by atoms with E-state index in [4.69, 9.17) is 5.11 Å². The summed E-state index contributed by atoms with van der Waals surface area (Å²) in [5.74, 6) is -1.07. The number of nitrogens with zero attached hydrogens (tertiary/aromatic N) is 2. The zero-order chi connectivity index (χ0) is 14.5.